The van der Waals surface area contributed by atoms with E-state index in [0.717, 1.165) is 29.7 Å². The molecule has 0 spiro atoms. The molecule has 2 heterocycles. The van der Waals surface area contributed by atoms with Gasteiger partial charge in [-0.15, -0.1) is 0 Å². The fraction of sp³-hybridized carbons (Fsp3) is 0.278. The van der Waals surface area contributed by atoms with Crippen LogP contribution in [0.15, 0.2) is 54.7 Å². The smallest absolute Gasteiger partial charge is 0.214 e. The van der Waals surface area contributed by atoms with Gasteiger partial charge in [0.05, 0.1) is 11.0 Å². The Balaban J connectivity index is 1.71. The predicted molar refractivity (Wildman–Crippen MR) is 89.1 cm³/mol. The summed E-state index contributed by atoms with van der Waals surface area (Å²) in [5.41, 5.74) is 3.27. The first-order valence-electron chi connectivity index (χ1n) is 7.50. The number of fused-ring (bicyclic) bond motifs is 1. The normalized spacial score (nSPS) is 11.2. The third-order valence-corrected chi connectivity index (χ3v) is 3.62. The second-order valence-electron chi connectivity index (χ2n) is 5.64. The lowest BCUT2D eigenvalue weighted by molar-refractivity contribution is 0.295. The fourth-order valence-corrected chi connectivity index (χ4v) is 2.37. The van der Waals surface area contributed by atoms with Crippen LogP contribution in [-0.2, 0) is 13.2 Å². The highest BCUT2D eigenvalue weighted by Crippen LogP contribution is 2.18. The molecule has 0 fully saturated rings. The van der Waals surface area contributed by atoms with E-state index >= 15 is 0 Å². The summed E-state index contributed by atoms with van der Waals surface area (Å²) in [7, 11) is 4.17. The molecule has 2 aromatic heterocycles. The van der Waals surface area contributed by atoms with Crippen LogP contribution in [-0.4, -0.2) is 35.1 Å². The molecule has 0 atom stereocenters. The first kappa shape index (κ1) is 14.6. The molecule has 0 unspecified atom stereocenters. The molecule has 3 rings (SSSR count). The predicted octanol–water partition coefficient (Wildman–Crippen LogP) is 3.18. The van der Waals surface area contributed by atoms with E-state index in [1.165, 1.54) is 0 Å². The van der Waals surface area contributed by atoms with E-state index in [1.54, 1.807) is 0 Å². The second kappa shape index (κ2) is 6.62. The lowest BCUT2D eigenvalue weighted by atomic mass is 10.2. The molecule has 3 aromatic rings. The van der Waals surface area contributed by atoms with Crippen molar-refractivity contribution in [3.8, 4) is 5.88 Å². The van der Waals surface area contributed by atoms with Gasteiger partial charge in [0.15, 0.2) is 0 Å². The summed E-state index contributed by atoms with van der Waals surface area (Å²) < 4.78 is 8.00. The standard InChI is InChI=1S/C18H21N3O/c1-20(2)12-13-21-11-10-16-17(21)8-9-18(19-16)22-14-15-6-4-3-5-7-15/h3-11H,12-14H2,1-2H3. The molecule has 0 N–H and O–H groups in total. The minimum atomic E-state index is 0.542. The lowest BCUT2D eigenvalue weighted by Gasteiger charge is -2.11. The van der Waals surface area contributed by atoms with Gasteiger partial charge in [0.1, 0.15) is 6.61 Å². The maximum absolute atomic E-state index is 5.78. The minimum Gasteiger partial charge on any atom is -0.473 e. The highest BCUT2D eigenvalue weighted by atomic mass is 16.5. The summed E-state index contributed by atoms with van der Waals surface area (Å²) in [6.07, 6.45) is 2.09. The van der Waals surface area contributed by atoms with Gasteiger partial charge in [0.25, 0.3) is 0 Å². The summed E-state index contributed by atoms with van der Waals surface area (Å²) in [5, 5.41) is 0. The zero-order valence-electron chi connectivity index (χ0n) is 13.1. The van der Waals surface area contributed by atoms with Crippen molar-refractivity contribution in [2.45, 2.75) is 13.2 Å². The third kappa shape index (κ3) is 3.46. The molecule has 0 aliphatic heterocycles. The highest BCUT2D eigenvalue weighted by Gasteiger charge is 2.05. The van der Waals surface area contributed by atoms with Crippen LogP contribution >= 0.6 is 0 Å². The van der Waals surface area contributed by atoms with Crippen molar-refractivity contribution in [2.75, 3.05) is 20.6 Å². The van der Waals surface area contributed by atoms with E-state index in [-0.39, 0.29) is 0 Å². The maximum atomic E-state index is 5.78. The summed E-state index contributed by atoms with van der Waals surface area (Å²) in [6.45, 7) is 2.51. The van der Waals surface area contributed by atoms with Crippen LogP contribution in [0.25, 0.3) is 11.0 Å². The van der Waals surface area contributed by atoms with Crippen molar-refractivity contribution in [3.63, 3.8) is 0 Å². The van der Waals surface area contributed by atoms with Crippen molar-refractivity contribution in [2.24, 2.45) is 0 Å². The van der Waals surface area contributed by atoms with E-state index in [2.05, 4.69) is 52.9 Å². The maximum Gasteiger partial charge on any atom is 0.214 e. The average molecular weight is 295 g/mol. The van der Waals surface area contributed by atoms with Gasteiger partial charge in [-0.3, -0.25) is 0 Å². The van der Waals surface area contributed by atoms with Gasteiger partial charge in [0.2, 0.25) is 5.88 Å². The second-order valence-corrected chi connectivity index (χ2v) is 5.64. The molecule has 0 bridgehead atoms. The third-order valence-electron chi connectivity index (χ3n) is 3.62. The molecule has 4 heteroatoms. The Kier molecular flexibility index (Phi) is 4.39. The Hall–Kier alpha value is -2.33. The van der Waals surface area contributed by atoms with Crippen molar-refractivity contribution >= 4 is 11.0 Å². The van der Waals surface area contributed by atoms with Gasteiger partial charge in [0, 0.05) is 25.4 Å². The highest BCUT2D eigenvalue weighted by molar-refractivity contribution is 5.76. The Morgan fingerprint density at radius 3 is 2.64 bits per heavy atom. The molecular weight excluding hydrogens is 274 g/mol. The fourth-order valence-electron chi connectivity index (χ4n) is 2.37. The van der Waals surface area contributed by atoms with Crippen LogP contribution in [0.4, 0.5) is 0 Å². The molecule has 4 nitrogen and oxygen atoms in total. The SMILES string of the molecule is CN(C)CCn1ccc2nc(OCc3ccccc3)ccc21. The molecule has 0 radical (unpaired) electrons. The van der Waals surface area contributed by atoms with Crippen molar-refractivity contribution < 1.29 is 4.74 Å². The zero-order valence-corrected chi connectivity index (χ0v) is 13.1. The number of ether oxygens (including phenoxy) is 1. The number of likely N-dealkylation sites (N-methyl/N-ethyl adjacent to an activating group) is 1. The molecule has 114 valence electrons. The average Bonchev–Trinajstić information content (AvgIpc) is 2.94. The lowest BCUT2D eigenvalue weighted by Crippen LogP contribution is -2.17. The number of nitrogens with zero attached hydrogens (tertiary/aromatic N) is 3. The van der Waals surface area contributed by atoms with Gasteiger partial charge >= 0.3 is 0 Å². The largest absolute Gasteiger partial charge is 0.473 e. The summed E-state index contributed by atoms with van der Waals surface area (Å²) in [4.78, 5) is 6.76. The summed E-state index contributed by atoms with van der Waals surface area (Å²) in [6, 6.07) is 16.2. The Labute approximate surface area is 131 Å². The van der Waals surface area contributed by atoms with Crippen LogP contribution in [0.1, 0.15) is 5.56 Å². The number of benzene rings is 1. The number of hydrogen-bond donors (Lipinski definition) is 0. The number of aromatic nitrogens is 2. The Bertz CT molecular complexity index is 734. The van der Waals surface area contributed by atoms with Crippen molar-refractivity contribution in [1.82, 2.24) is 14.5 Å². The monoisotopic (exact) mass is 295 g/mol. The molecule has 0 saturated heterocycles. The first-order valence-corrected chi connectivity index (χ1v) is 7.50. The van der Waals surface area contributed by atoms with E-state index in [0.29, 0.717) is 12.5 Å². The van der Waals surface area contributed by atoms with Crippen LogP contribution in [0.5, 0.6) is 5.88 Å². The van der Waals surface area contributed by atoms with Crippen molar-refractivity contribution in [3.05, 3.63) is 60.3 Å². The zero-order chi connectivity index (χ0) is 15.4. The number of rotatable bonds is 6. The molecule has 0 aliphatic carbocycles. The summed E-state index contributed by atoms with van der Waals surface area (Å²) >= 11 is 0. The molecule has 22 heavy (non-hydrogen) atoms. The number of hydrogen-bond acceptors (Lipinski definition) is 3. The van der Waals surface area contributed by atoms with Gasteiger partial charge in [-0.1, -0.05) is 30.3 Å². The van der Waals surface area contributed by atoms with Gasteiger partial charge in [-0.05, 0) is 31.8 Å². The first-order chi connectivity index (χ1) is 10.7. The van der Waals surface area contributed by atoms with Gasteiger partial charge in [-0.25, -0.2) is 4.98 Å². The molecule has 0 saturated carbocycles. The molecule has 1 aromatic carbocycles. The van der Waals surface area contributed by atoms with E-state index in [1.807, 2.05) is 30.3 Å². The minimum absolute atomic E-state index is 0.542. The van der Waals surface area contributed by atoms with Crippen molar-refractivity contribution in [1.29, 1.82) is 0 Å². The van der Waals surface area contributed by atoms with E-state index in [9.17, 15) is 0 Å². The topological polar surface area (TPSA) is 30.3 Å². The molecular formula is C18H21N3O. The molecule has 0 amide bonds. The Morgan fingerprint density at radius 2 is 1.86 bits per heavy atom. The quantitative estimate of drug-likeness (QED) is 0.699. The molecule has 0 aliphatic rings. The van der Waals surface area contributed by atoms with Crippen LogP contribution in [0.2, 0.25) is 0 Å². The number of pyridine rings is 1. The van der Waals surface area contributed by atoms with Gasteiger partial charge in [-0.2, -0.15) is 0 Å². The van der Waals surface area contributed by atoms with Crippen LogP contribution < -0.4 is 4.74 Å². The van der Waals surface area contributed by atoms with Gasteiger partial charge < -0.3 is 14.2 Å². The summed E-state index contributed by atoms with van der Waals surface area (Å²) in [5.74, 6) is 0.668. The van der Waals surface area contributed by atoms with E-state index in [4.69, 9.17) is 4.74 Å². The Morgan fingerprint density at radius 1 is 1.05 bits per heavy atom. The van der Waals surface area contributed by atoms with Crippen LogP contribution in [0, 0.1) is 0 Å². The van der Waals surface area contributed by atoms with Crippen LogP contribution in [0.3, 0.4) is 0 Å². The van der Waals surface area contributed by atoms with E-state index < -0.39 is 0 Å².